The molecule has 0 radical (unpaired) electrons. The molecule has 32 heavy (non-hydrogen) atoms. The number of carbonyl (C=O) groups excluding carboxylic acids is 2. The largest absolute Gasteiger partial charge is 0.416 e. The van der Waals surface area contributed by atoms with Gasteiger partial charge in [-0.05, 0) is 60.7 Å². The normalized spacial score (nSPS) is 12.5. The smallest absolute Gasteiger partial charge is 0.339 e. The van der Waals surface area contributed by atoms with E-state index in [1.54, 1.807) is 24.3 Å². The predicted octanol–water partition coefficient (Wildman–Crippen LogP) is 5.08. The van der Waals surface area contributed by atoms with E-state index < -0.39 is 27.6 Å². The topological polar surface area (TPSA) is 82.3 Å². The lowest BCUT2D eigenvalue weighted by Gasteiger charge is -2.28. The summed E-state index contributed by atoms with van der Waals surface area (Å²) in [4.78, 5) is 23.5. The van der Waals surface area contributed by atoms with Crippen molar-refractivity contribution in [2.75, 3.05) is 10.6 Å². The summed E-state index contributed by atoms with van der Waals surface area (Å²) in [6.07, 6.45) is -5.85. The van der Waals surface area contributed by atoms with Crippen molar-refractivity contribution in [3.63, 3.8) is 0 Å². The molecule has 0 saturated heterocycles. The van der Waals surface area contributed by atoms with E-state index in [2.05, 4.69) is 21.3 Å². The summed E-state index contributed by atoms with van der Waals surface area (Å²) in [6, 6.07) is 10.1. The molecule has 0 fully saturated rings. The highest BCUT2D eigenvalue weighted by Crippen LogP contribution is 2.30. The summed E-state index contributed by atoms with van der Waals surface area (Å²) in [5.41, 5.74) is 0.130. The van der Waals surface area contributed by atoms with Gasteiger partial charge in [0.2, 0.25) is 9.70 Å². The van der Waals surface area contributed by atoms with Gasteiger partial charge in [0.1, 0.15) is 6.17 Å². The van der Waals surface area contributed by atoms with E-state index in [4.69, 9.17) is 47.0 Å². The lowest BCUT2D eigenvalue weighted by atomic mass is 10.1. The van der Waals surface area contributed by atoms with Crippen molar-refractivity contribution in [3.8, 4) is 0 Å². The Morgan fingerprint density at radius 2 is 1.38 bits per heavy atom. The van der Waals surface area contributed by atoms with E-state index in [1.165, 1.54) is 6.92 Å². The predicted molar refractivity (Wildman–Crippen MR) is 123 cm³/mol. The summed E-state index contributed by atoms with van der Waals surface area (Å²) in [7, 11) is 0. The summed E-state index contributed by atoms with van der Waals surface area (Å²) < 4.78 is 36.0. The Morgan fingerprint density at radius 3 is 1.81 bits per heavy atom. The fraction of sp³-hybridized carbons (Fsp3) is 0.211. The second kappa shape index (κ2) is 10.6. The quantitative estimate of drug-likeness (QED) is 0.248. The molecule has 2 aromatic rings. The minimum atomic E-state index is -4.53. The highest BCUT2D eigenvalue weighted by Gasteiger charge is 2.35. The molecular formula is C19H16Cl3F3N4O2S. The molecule has 2 amide bonds. The third-order valence-corrected chi connectivity index (χ3v) is 4.69. The molecule has 0 heterocycles. The van der Waals surface area contributed by atoms with Crippen LogP contribution in [0.2, 0.25) is 0 Å². The van der Waals surface area contributed by atoms with Crippen molar-refractivity contribution < 1.29 is 22.8 Å². The molecule has 0 unspecified atom stereocenters. The number of alkyl halides is 6. The Bertz CT molecular complexity index is 981. The van der Waals surface area contributed by atoms with E-state index in [1.807, 2.05) is 0 Å². The Hall–Kier alpha value is -2.27. The molecule has 0 aromatic heterocycles. The zero-order chi connectivity index (χ0) is 24.1. The Morgan fingerprint density at radius 1 is 0.875 bits per heavy atom. The van der Waals surface area contributed by atoms with Crippen LogP contribution in [0.1, 0.15) is 22.8 Å². The van der Waals surface area contributed by atoms with Gasteiger partial charge in [-0.3, -0.25) is 9.59 Å². The van der Waals surface area contributed by atoms with E-state index >= 15 is 0 Å². The molecule has 0 aliphatic carbocycles. The van der Waals surface area contributed by atoms with Crippen molar-refractivity contribution in [2.24, 2.45) is 0 Å². The molecule has 4 N–H and O–H groups in total. The maximum Gasteiger partial charge on any atom is 0.416 e. The van der Waals surface area contributed by atoms with E-state index in [-0.39, 0.29) is 16.6 Å². The van der Waals surface area contributed by atoms with Gasteiger partial charge in [-0.25, -0.2) is 0 Å². The molecule has 0 aliphatic rings. The number of hydrogen-bond acceptors (Lipinski definition) is 3. The van der Waals surface area contributed by atoms with Crippen molar-refractivity contribution in [2.45, 2.75) is 23.1 Å². The van der Waals surface area contributed by atoms with Crippen LogP contribution in [0, 0.1) is 0 Å². The van der Waals surface area contributed by atoms with Crippen molar-refractivity contribution in [3.05, 3.63) is 59.7 Å². The average molecular weight is 528 g/mol. The van der Waals surface area contributed by atoms with Gasteiger partial charge >= 0.3 is 6.18 Å². The Balaban J connectivity index is 2.04. The van der Waals surface area contributed by atoms with Crippen LogP contribution in [-0.2, 0) is 11.0 Å². The third kappa shape index (κ3) is 8.01. The van der Waals surface area contributed by atoms with E-state index in [0.29, 0.717) is 11.4 Å². The second-order valence-corrected chi connectivity index (χ2v) is 9.16. The van der Waals surface area contributed by atoms with Crippen LogP contribution in [0.25, 0.3) is 0 Å². The monoisotopic (exact) mass is 526 g/mol. The molecule has 0 spiro atoms. The first-order valence-corrected chi connectivity index (χ1v) is 10.3. The van der Waals surface area contributed by atoms with Crippen LogP contribution in [0.5, 0.6) is 0 Å². The minimum Gasteiger partial charge on any atom is -0.339 e. The second-order valence-electron chi connectivity index (χ2n) is 6.38. The third-order valence-electron chi connectivity index (χ3n) is 3.82. The van der Waals surface area contributed by atoms with E-state index in [0.717, 1.165) is 24.3 Å². The van der Waals surface area contributed by atoms with Gasteiger partial charge < -0.3 is 21.3 Å². The number of rotatable bonds is 5. The van der Waals surface area contributed by atoms with Gasteiger partial charge in [0.05, 0.1) is 5.56 Å². The molecule has 2 aromatic carbocycles. The standard InChI is InChI=1S/C19H16Cl3F3N4O2S/c1-10(30)26-13-6-8-14(9-7-13)27-17(32)29-16(18(20,21)22)28-15(31)11-2-4-12(5-3-11)19(23,24)25/h2-9,16H,1H3,(H,26,30)(H,28,31)(H2,27,29,32)/t16-/m0/s1. The van der Waals surface area contributed by atoms with Crippen molar-refractivity contribution in [1.29, 1.82) is 0 Å². The van der Waals surface area contributed by atoms with Crippen LogP contribution in [0.3, 0.4) is 0 Å². The van der Waals surface area contributed by atoms with Crippen LogP contribution >= 0.6 is 47.0 Å². The fourth-order valence-corrected chi connectivity index (χ4v) is 2.93. The molecule has 13 heteroatoms. The number of halogens is 6. The molecule has 1 atom stereocenters. The van der Waals surface area contributed by atoms with Crippen molar-refractivity contribution in [1.82, 2.24) is 10.6 Å². The summed E-state index contributed by atoms with van der Waals surface area (Å²) >= 11 is 22.9. The van der Waals surface area contributed by atoms with Crippen LogP contribution < -0.4 is 21.3 Å². The first kappa shape index (κ1) is 26.0. The van der Waals surface area contributed by atoms with Gasteiger partial charge in [0.25, 0.3) is 5.91 Å². The zero-order valence-corrected chi connectivity index (χ0v) is 19.3. The average Bonchev–Trinajstić information content (AvgIpc) is 2.67. The molecule has 2 rings (SSSR count). The molecule has 0 aliphatic heterocycles. The minimum absolute atomic E-state index is 0.0127. The molecule has 0 bridgehead atoms. The summed E-state index contributed by atoms with van der Waals surface area (Å²) in [5.74, 6) is -1.01. The fourth-order valence-electron chi connectivity index (χ4n) is 2.36. The molecule has 0 saturated carbocycles. The van der Waals surface area contributed by atoms with E-state index in [9.17, 15) is 22.8 Å². The maximum absolute atomic E-state index is 12.7. The first-order valence-electron chi connectivity index (χ1n) is 8.76. The SMILES string of the molecule is CC(=O)Nc1ccc(NC(=S)N[C@H](NC(=O)c2ccc(C(F)(F)F)cc2)C(Cl)(Cl)Cl)cc1. The lowest BCUT2D eigenvalue weighted by Crippen LogP contribution is -2.56. The number of nitrogens with one attached hydrogen (secondary N) is 4. The van der Waals surface area contributed by atoms with Gasteiger partial charge in [-0.1, -0.05) is 34.8 Å². The lowest BCUT2D eigenvalue weighted by molar-refractivity contribution is -0.137. The number of thiocarbonyl (C=S) groups is 1. The first-order chi connectivity index (χ1) is 14.8. The highest BCUT2D eigenvalue weighted by atomic mass is 35.6. The zero-order valence-electron chi connectivity index (χ0n) is 16.2. The van der Waals surface area contributed by atoms with Gasteiger partial charge in [0, 0.05) is 23.9 Å². The van der Waals surface area contributed by atoms with Crippen LogP contribution in [-0.4, -0.2) is 26.9 Å². The highest BCUT2D eigenvalue weighted by molar-refractivity contribution is 7.80. The molecular weight excluding hydrogens is 512 g/mol. The molecule has 6 nitrogen and oxygen atoms in total. The number of amides is 2. The Kier molecular flexibility index (Phi) is 8.58. The van der Waals surface area contributed by atoms with Crippen LogP contribution in [0.4, 0.5) is 24.5 Å². The number of hydrogen-bond donors (Lipinski definition) is 4. The van der Waals surface area contributed by atoms with Gasteiger partial charge in [0.15, 0.2) is 5.11 Å². The Labute approximate surface area is 201 Å². The van der Waals surface area contributed by atoms with Crippen molar-refractivity contribution >= 4 is 75.3 Å². The summed E-state index contributed by atoms with van der Waals surface area (Å²) in [5, 5.41) is 10.4. The summed E-state index contributed by atoms with van der Waals surface area (Å²) in [6.45, 7) is 1.38. The van der Waals surface area contributed by atoms with Gasteiger partial charge in [-0.15, -0.1) is 0 Å². The maximum atomic E-state index is 12.7. The van der Waals surface area contributed by atoms with Crippen LogP contribution in [0.15, 0.2) is 48.5 Å². The molecule has 172 valence electrons. The van der Waals surface area contributed by atoms with Gasteiger partial charge in [-0.2, -0.15) is 13.2 Å². The number of carbonyl (C=O) groups is 2. The number of anilines is 2. The number of benzene rings is 2.